The zero-order valence-corrected chi connectivity index (χ0v) is 24.7. The van der Waals surface area contributed by atoms with Crippen LogP contribution in [0.15, 0.2) is 23.3 Å². The molecule has 1 aromatic carbocycles. The molecule has 15 nitrogen and oxygen atoms in total. The Morgan fingerprint density at radius 2 is 2.00 bits per heavy atom. The van der Waals surface area contributed by atoms with Crippen LogP contribution < -0.4 is 10.6 Å². The highest BCUT2D eigenvalue weighted by atomic mass is 16.6. The number of ether oxygens (including phenoxy) is 2. The van der Waals surface area contributed by atoms with Gasteiger partial charge in [-0.1, -0.05) is 11.2 Å². The quantitative estimate of drug-likeness (QED) is 0.127. The molecule has 3 aliphatic heterocycles. The molecule has 0 spiro atoms. The van der Waals surface area contributed by atoms with Gasteiger partial charge in [-0.2, -0.15) is 0 Å². The number of piperidine rings is 1. The van der Waals surface area contributed by atoms with Gasteiger partial charge in [-0.15, -0.1) is 0 Å². The molecular formula is C28H38N8O7. The molecule has 15 heteroatoms. The van der Waals surface area contributed by atoms with Crippen molar-refractivity contribution < 1.29 is 33.4 Å². The number of azide groups is 1. The molecule has 43 heavy (non-hydrogen) atoms. The minimum absolute atomic E-state index is 0.0318. The summed E-state index contributed by atoms with van der Waals surface area (Å²) in [5.74, 6) is -1.73. The lowest BCUT2D eigenvalue weighted by atomic mass is 10.0. The Kier molecular flexibility index (Phi) is 10.2. The Balaban J connectivity index is 1.34. The molecule has 3 aliphatic rings. The third-order valence-corrected chi connectivity index (χ3v) is 7.36. The summed E-state index contributed by atoms with van der Waals surface area (Å²) in [7, 11) is 0. The van der Waals surface area contributed by atoms with E-state index in [-0.39, 0.29) is 56.9 Å². The van der Waals surface area contributed by atoms with Gasteiger partial charge in [-0.25, -0.2) is 4.79 Å². The number of rotatable bonds is 11. The van der Waals surface area contributed by atoms with Crippen LogP contribution in [0.5, 0.6) is 0 Å². The zero-order valence-electron chi connectivity index (χ0n) is 24.7. The number of hydrogen-bond donors (Lipinski definition) is 2. The first-order chi connectivity index (χ1) is 20.4. The van der Waals surface area contributed by atoms with Crippen molar-refractivity contribution in [3.63, 3.8) is 0 Å². The lowest BCUT2D eigenvalue weighted by Crippen LogP contribution is -2.52. The molecule has 3 heterocycles. The zero-order chi connectivity index (χ0) is 31.1. The number of likely N-dealkylation sites (tertiary alicyclic amines) is 1. The van der Waals surface area contributed by atoms with E-state index >= 15 is 0 Å². The third-order valence-electron chi connectivity index (χ3n) is 7.36. The highest BCUT2D eigenvalue weighted by molar-refractivity contribution is 6.07. The molecule has 2 fully saturated rings. The monoisotopic (exact) mass is 598 g/mol. The molecule has 0 aliphatic carbocycles. The molecule has 2 unspecified atom stereocenters. The van der Waals surface area contributed by atoms with Gasteiger partial charge in [-0.05, 0) is 57.8 Å². The SMILES string of the molecule is CC(C)(C)OC(=O)N(CCOCCN1CCC(N=[N+]=[N-])C1)CC(=O)Nc1cccc2c1CN(C1CCC(=O)NC1=O)C2=O. The van der Waals surface area contributed by atoms with Crippen molar-refractivity contribution in [1.29, 1.82) is 0 Å². The molecular weight excluding hydrogens is 560 g/mol. The average molecular weight is 599 g/mol. The van der Waals surface area contributed by atoms with Crippen LogP contribution in [0, 0.1) is 0 Å². The maximum Gasteiger partial charge on any atom is 0.410 e. The molecule has 2 N–H and O–H groups in total. The summed E-state index contributed by atoms with van der Waals surface area (Å²) in [4.78, 5) is 70.8. The smallest absolute Gasteiger partial charge is 0.410 e. The first-order valence-electron chi connectivity index (χ1n) is 14.3. The molecule has 0 saturated carbocycles. The number of carbonyl (C=O) groups is 5. The van der Waals surface area contributed by atoms with Crippen molar-refractivity contribution in [2.45, 2.75) is 64.3 Å². The fourth-order valence-corrected chi connectivity index (χ4v) is 5.28. The molecule has 232 valence electrons. The van der Waals surface area contributed by atoms with Crippen LogP contribution in [0.2, 0.25) is 0 Å². The molecule has 5 amide bonds. The second-order valence-electron chi connectivity index (χ2n) is 11.7. The van der Waals surface area contributed by atoms with Crippen molar-refractivity contribution in [1.82, 2.24) is 20.0 Å². The maximum atomic E-state index is 13.2. The molecule has 4 rings (SSSR count). The van der Waals surface area contributed by atoms with Gasteiger partial charge in [-0.3, -0.25) is 29.4 Å². The van der Waals surface area contributed by atoms with Crippen LogP contribution in [0.3, 0.4) is 0 Å². The summed E-state index contributed by atoms with van der Waals surface area (Å²) in [5, 5.41) is 8.83. The number of hydrogen-bond acceptors (Lipinski definition) is 9. The third kappa shape index (κ3) is 8.43. The van der Waals surface area contributed by atoms with E-state index in [2.05, 4.69) is 25.6 Å². The second kappa shape index (κ2) is 13.8. The maximum absolute atomic E-state index is 13.2. The first kappa shape index (κ1) is 31.7. The molecule has 0 radical (unpaired) electrons. The molecule has 2 saturated heterocycles. The van der Waals surface area contributed by atoms with Crippen LogP contribution in [0.1, 0.15) is 56.0 Å². The number of nitrogens with one attached hydrogen (secondary N) is 2. The van der Waals surface area contributed by atoms with Crippen LogP contribution in [0.25, 0.3) is 10.4 Å². The van der Waals surface area contributed by atoms with Crippen LogP contribution >= 0.6 is 0 Å². The number of imide groups is 1. The molecule has 0 aromatic heterocycles. The summed E-state index contributed by atoms with van der Waals surface area (Å²) in [5.41, 5.74) is 9.15. The topological polar surface area (TPSA) is 186 Å². The van der Waals surface area contributed by atoms with E-state index in [1.165, 1.54) is 9.80 Å². The predicted molar refractivity (Wildman–Crippen MR) is 154 cm³/mol. The molecule has 0 bridgehead atoms. The lowest BCUT2D eigenvalue weighted by Gasteiger charge is -2.29. The predicted octanol–water partition coefficient (Wildman–Crippen LogP) is 2.02. The number of fused-ring (bicyclic) bond motifs is 1. The van der Waals surface area contributed by atoms with Gasteiger partial charge in [0.1, 0.15) is 18.2 Å². The minimum atomic E-state index is -0.776. The summed E-state index contributed by atoms with van der Waals surface area (Å²) in [6.45, 7) is 7.83. The second-order valence-corrected chi connectivity index (χ2v) is 11.7. The standard InChI is InChI=1S/C28H38N8O7/c1-28(2,3)43-27(41)35(12-14-42-13-11-34-10-9-18(15-34)32-33-29)17-24(38)30-21-6-4-5-19-20(21)16-36(26(19)40)22-7-8-23(37)31-25(22)39/h4-6,18,22H,7-17H2,1-3H3,(H,30,38)(H,31,37,39). The number of carbonyl (C=O) groups excluding carboxylic acids is 5. The van der Waals surface area contributed by atoms with Gasteiger partial charge in [0.2, 0.25) is 17.7 Å². The summed E-state index contributed by atoms with van der Waals surface area (Å²) in [6.07, 6.45) is 0.508. The Morgan fingerprint density at radius 3 is 2.72 bits per heavy atom. The van der Waals surface area contributed by atoms with E-state index in [1.54, 1.807) is 39.0 Å². The number of anilines is 1. The Morgan fingerprint density at radius 1 is 1.21 bits per heavy atom. The first-order valence-corrected chi connectivity index (χ1v) is 14.3. The number of nitrogens with zero attached hydrogens (tertiary/aromatic N) is 6. The largest absolute Gasteiger partial charge is 0.444 e. The Hall–Kier alpha value is -4.20. The Bertz CT molecular complexity index is 1310. The van der Waals surface area contributed by atoms with Crippen LogP contribution in [0.4, 0.5) is 10.5 Å². The van der Waals surface area contributed by atoms with E-state index in [9.17, 15) is 24.0 Å². The van der Waals surface area contributed by atoms with E-state index in [4.69, 9.17) is 15.0 Å². The van der Waals surface area contributed by atoms with Gasteiger partial charge in [0, 0.05) is 54.3 Å². The van der Waals surface area contributed by atoms with Crippen molar-refractivity contribution in [2.24, 2.45) is 5.11 Å². The van der Waals surface area contributed by atoms with E-state index in [0.717, 1.165) is 13.0 Å². The molecule has 2 atom stereocenters. The lowest BCUT2D eigenvalue weighted by molar-refractivity contribution is -0.137. The van der Waals surface area contributed by atoms with Gasteiger partial charge in [0.15, 0.2) is 0 Å². The van der Waals surface area contributed by atoms with Crippen LogP contribution in [-0.2, 0) is 30.4 Å². The number of amides is 5. The van der Waals surface area contributed by atoms with Crippen molar-refractivity contribution in [2.75, 3.05) is 51.3 Å². The highest BCUT2D eigenvalue weighted by Crippen LogP contribution is 2.32. The summed E-state index contributed by atoms with van der Waals surface area (Å²) < 4.78 is 11.2. The van der Waals surface area contributed by atoms with E-state index in [0.29, 0.717) is 36.5 Å². The summed E-state index contributed by atoms with van der Waals surface area (Å²) >= 11 is 0. The Labute approximate surface area is 249 Å². The van der Waals surface area contributed by atoms with Crippen molar-refractivity contribution >= 4 is 35.4 Å². The average Bonchev–Trinajstić information content (AvgIpc) is 3.51. The number of benzene rings is 1. The van der Waals surface area contributed by atoms with Gasteiger partial charge in [0.05, 0.1) is 19.3 Å². The van der Waals surface area contributed by atoms with Crippen LogP contribution in [-0.4, -0.2) is 108 Å². The van der Waals surface area contributed by atoms with Crippen molar-refractivity contribution in [3.8, 4) is 0 Å². The summed E-state index contributed by atoms with van der Waals surface area (Å²) in [6, 6.07) is 4.11. The van der Waals surface area contributed by atoms with E-state index in [1.807, 2.05) is 0 Å². The van der Waals surface area contributed by atoms with Gasteiger partial charge < -0.3 is 24.6 Å². The van der Waals surface area contributed by atoms with Gasteiger partial charge >= 0.3 is 6.09 Å². The fourth-order valence-electron chi connectivity index (χ4n) is 5.28. The van der Waals surface area contributed by atoms with Crippen molar-refractivity contribution in [3.05, 3.63) is 39.8 Å². The normalized spacial score (nSPS) is 20.3. The fraction of sp³-hybridized carbons (Fsp3) is 0.607. The minimum Gasteiger partial charge on any atom is -0.444 e. The van der Waals surface area contributed by atoms with E-state index < -0.39 is 29.6 Å². The van der Waals surface area contributed by atoms with Gasteiger partial charge in [0.25, 0.3) is 5.91 Å². The highest BCUT2D eigenvalue weighted by Gasteiger charge is 2.40. The molecule has 1 aromatic rings.